The second-order valence-corrected chi connectivity index (χ2v) is 6.49. The molecule has 0 radical (unpaired) electrons. The van der Waals surface area contributed by atoms with Crippen LogP contribution in [0.5, 0.6) is 0 Å². The van der Waals surface area contributed by atoms with E-state index >= 15 is 0 Å². The van der Waals surface area contributed by atoms with E-state index in [1.807, 2.05) is 19.9 Å². The summed E-state index contributed by atoms with van der Waals surface area (Å²) in [5, 5.41) is 9.97. The van der Waals surface area contributed by atoms with Gasteiger partial charge in [0.15, 0.2) is 5.65 Å². The van der Waals surface area contributed by atoms with Crippen molar-refractivity contribution >= 4 is 28.8 Å². The lowest BCUT2D eigenvalue weighted by Crippen LogP contribution is -2.16. The van der Waals surface area contributed by atoms with Crippen LogP contribution in [0.3, 0.4) is 0 Å². The zero-order chi connectivity index (χ0) is 19.4. The van der Waals surface area contributed by atoms with Crippen molar-refractivity contribution in [3.8, 4) is 0 Å². The van der Waals surface area contributed by atoms with Crippen LogP contribution in [0.25, 0.3) is 5.65 Å². The molecule has 0 bridgehead atoms. The first-order valence-electron chi connectivity index (χ1n) is 9.00. The van der Waals surface area contributed by atoms with Crippen LogP contribution in [-0.2, 0) is 4.79 Å². The maximum atomic E-state index is 12.6. The second-order valence-electron chi connectivity index (χ2n) is 6.49. The van der Waals surface area contributed by atoms with Gasteiger partial charge in [-0.2, -0.15) is 5.10 Å². The smallest absolute Gasteiger partial charge is 0.259 e. The molecule has 0 aliphatic carbocycles. The van der Waals surface area contributed by atoms with Crippen LogP contribution in [0, 0.1) is 13.8 Å². The molecule has 7 nitrogen and oxygen atoms in total. The molecule has 0 spiro atoms. The lowest BCUT2D eigenvalue weighted by Gasteiger charge is -2.12. The Kier molecular flexibility index (Phi) is 5.49. The Labute approximate surface area is 157 Å². The molecule has 2 heterocycles. The fraction of sp³-hybridized carbons (Fsp3) is 0.300. The highest BCUT2D eigenvalue weighted by Crippen LogP contribution is 2.21. The van der Waals surface area contributed by atoms with Gasteiger partial charge >= 0.3 is 0 Å². The average molecular weight is 365 g/mol. The lowest BCUT2D eigenvalue weighted by molar-refractivity contribution is -0.116. The van der Waals surface area contributed by atoms with Crippen LogP contribution in [0.1, 0.15) is 47.8 Å². The van der Waals surface area contributed by atoms with Gasteiger partial charge in [0.1, 0.15) is 0 Å². The fourth-order valence-corrected chi connectivity index (χ4v) is 2.84. The minimum atomic E-state index is -0.253. The van der Waals surface area contributed by atoms with Crippen LogP contribution in [-0.4, -0.2) is 26.4 Å². The minimum Gasteiger partial charge on any atom is -0.326 e. The molecular formula is C20H23N5O2. The summed E-state index contributed by atoms with van der Waals surface area (Å²) in [6.07, 6.45) is 5.56. The van der Waals surface area contributed by atoms with E-state index in [-0.39, 0.29) is 11.8 Å². The highest BCUT2D eigenvalue weighted by atomic mass is 16.2. The van der Waals surface area contributed by atoms with Crippen LogP contribution < -0.4 is 10.6 Å². The molecule has 0 aliphatic rings. The molecule has 0 saturated heterocycles. The highest BCUT2D eigenvalue weighted by Gasteiger charge is 2.14. The van der Waals surface area contributed by atoms with E-state index in [2.05, 4.69) is 27.6 Å². The number of nitrogens with one attached hydrogen (secondary N) is 2. The number of nitrogens with zero attached hydrogens (tertiary/aromatic N) is 3. The van der Waals surface area contributed by atoms with Crippen LogP contribution in [0.15, 0.2) is 36.7 Å². The number of fused-ring (bicyclic) bond motifs is 1. The van der Waals surface area contributed by atoms with Crippen molar-refractivity contribution in [3.05, 3.63) is 53.5 Å². The van der Waals surface area contributed by atoms with Gasteiger partial charge in [0, 0.05) is 30.1 Å². The number of hydrogen-bond donors (Lipinski definition) is 2. The number of carbonyl (C=O) groups is 2. The number of aryl methyl sites for hydroxylation is 2. The number of amides is 2. The van der Waals surface area contributed by atoms with Gasteiger partial charge < -0.3 is 10.6 Å². The van der Waals surface area contributed by atoms with E-state index in [1.54, 1.807) is 35.1 Å². The van der Waals surface area contributed by atoms with Crippen LogP contribution in [0.4, 0.5) is 11.4 Å². The summed E-state index contributed by atoms with van der Waals surface area (Å²) in [6.45, 7) is 5.78. The van der Waals surface area contributed by atoms with Gasteiger partial charge in [-0.3, -0.25) is 9.59 Å². The minimum absolute atomic E-state index is 0.00552. The fourth-order valence-electron chi connectivity index (χ4n) is 2.84. The lowest BCUT2D eigenvalue weighted by atomic mass is 10.1. The van der Waals surface area contributed by atoms with Crippen molar-refractivity contribution in [2.75, 3.05) is 10.6 Å². The van der Waals surface area contributed by atoms with Gasteiger partial charge in [-0.05, 0) is 44.0 Å². The normalized spacial score (nSPS) is 10.8. The van der Waals surface area contributed by atoms with Crippen LogP contribution in [0.2, 0.25) is 0 Å². The van der Waals surface area contributed by atoms with E-state index in [1.165, 1.54) is 0 Å². The standard InChI is InChI=1S/C20H23N5O2/c1-4-5-6-19(26)24-17-8-7-15(11-13(17)2)23-20(27)16-12-21-18-9-10-22-25(18)14(16)3/h7-12H,4-6H2,1-3H3,(H,23,27)(H,24,26). The molecular weight excluding hydrogens is 342 g/mol. The molecule has 3 aromatic rings. The van der Waals surface area contributed by atoms with E-state index in [9.17, 15) is 9.59 Å². The molecule has 3 rings (SSSR count). The van der Waals surface area contributed by atoms with Gasteiger partial charge in [0.25, 0.3) is 5.91 Å². The Morgan fingerprint density at radius 3 is 2.70 bits per heavy atom. The Balaban J connectivity index is 1.73. The molecule has 27 heavy (non-hydrogen) atoms. The molecule has 2 aromatic heterocycles. The van der Waals surface area contributed by atoms with E-state index in [4.69, 9.17) is 0 Å². The van der Waals surface area contributed by atoms with Gasteiger partial charge in [-0.1, -0.05) is 13.3 Å². The maximum Gasteiger partial charge on any atom is 0.259 e. The number of aromatic nitrogens is 3. The van der Waals surface area contributed by atoms with Crippen LogP contribution >= 0.6 is 0 Å². The summed E-state index contributed by atoms with van der Waals surface area (Å²) >= 11 is 0. The summed E-state index contributed by atoms with van der Waals surface area (Å²) < 4.78 is 1.63. The molecule has 0 fully saturated rings. The predicted molar refractivity (Wildman–Crippen MR) is 105 cm³/mol. The zero-order valence-electron chi connectivity index (χ0n) is 15.7. The van der Waals surface area contributed by atoms with E-state index in [0.29, 0.717) is 23.3 Å². The molecule has 7 heteroatoms. The van der Waals surface area contributed by atoms with Gasteiger partial charge in [0.2, 0.25) is 5.91 Å². The Bertz CT molecular complexity index is 993. The van der Waals surface area contributed by atoms with Crippen molar-refractivity contribution in [1.82, 2.24) is 14.6 Å². The molecule has 2 N–H and O–H groups in total. The number of carbonyl (C=O) groups excluding carboxylic acids is 2. The monoisotopic (exact) mass is 365 g/mol. The Morgan fingerprint density at radius 1 is 1.15 bits per heavy atom. The third-order valence-corrected chi connectivity index (χ3v) is 4.42. The molecule has 2 amide bonds. The Morgan fingerprint density at radius 2 is 1.96 bits per heavy atom. The third-order valence-electron chi connectivity index (χ3n) is 4.42. The van der Waals surface area contributed by atoms with Crippen molar-refractivity contribution in [2.24, 2.45) is 0 Å². The van der Waals surface area contributed by atoms with Crippen molar-refractivity contribution < 1.29 is 9.59 Å². The first-order valence-corrected chi connectivity index (χ1v) is 9.00. The number of hydrogen-bond acceptors (Lipinski definition) is 4. The van der Waals surface area contributed by atoms with Gasteiger partial charge in [-0.15, -0.1) is 0 Å². The highest BCUT2D eigenvalue weighted by molar-refractivity contribution is 6.05. The molecule has 0 atom stereocenters. The number of benzene rings is 1. The van der Waals surface area contributed by atoms with Gasteiger partial charge in [0.05, 0.1) is 17.5 Å². The van der Waals surface area contributed by atoms with Crippen molar-refractivity contribution in [3.63, 3.8) is 0 Å². The average Bonchev–Trinajstić information content (AvgIpc) is 3.12. The zero-order valence-corrected chi connectivity index (χ0v) is 15.7. The first-order chi connectivity index (χ1) is 13.0. The SMILES string of the molecule is CCCCC(=O)Nc1ccc(NC(=O)c2cnc3ccnn3c2C)cc1C. The van der Waals surface area contributed by atoms with Gasteiger partial charge in [-0.25, -0.2) is 9.50 Å². The molecule has 0 unspecified atom stereocenters. The van der Waals surface area contributed by atoms with Crippen molar-refractivity contribution in [1.29, 1.82) is 0 Å². The maximum absolute atomic E-state index is 12.6. The largest absolute Gasteiger partial charge is 0.326 e. The van der Waals surface area contributed by atoms with E-state index < -0.39 is 0 Å². The molecule has 1 aromatic carbocycles. The summed E-state index contributed by atoms with van der Waals surface area (Å²) in [6, 6.07) is 7.19. The summed E-state index contributed by atoms with van der Waals surface area (Å²) in [7, 11) is 0. The topological polar surface area (TPSA) is 88.4 Å². The number of rotatable bonds is 6. The first kappa shape index (κ1) is 18.6. The number of anilines is 2. The summed E-state index contributed by atoms with van der Waals surface area (Å²) in [5.41, 5.74) is 4.17. The second kappa shape index (κ2) is 7.99. The van der Waals surface area contributed by atoms with Crippen molar-refractivity contribution in [2.45, 2.75) is 40.0 Å². The molecule has 0 saturated carbocycles. The molecule has 0 aliphatic heterocycles. The third kappa shape index (κ3) is 4.13. The summed E-state index contributed by atoms with van der Waals surface area (Å²) in [4.78, 5) is 28.8. The Hall–Kier alpha value is -3.22. The summed E-state index contributed by atoms with van der Waals surface area (Å²) in [5.74, 6) is -0.248. The van der Waals surface area contributed by atoms with E-state index in [0.717, 1.165) is 29.8 Å². The predicted octanol–water partition coefficient (Wildman–Crippen LogP) is 3.73. The number of unbranched alkanes of at least 4 members (excludes halogenated alkanes) is 1. The molecule has 140 valence electrons. The quantitative estimate of drug-likeness (QED) is 0.697.